The molecule has 1 N–H and O–H groups in total. The van der Waals surface area contributed by atoms with Crippen molar-refractivity contribution in [2.45, 2.75) is 6.92 Å². The molecule has 0 radical (unpaired) electrons. The number of aromatic nitrogens is 2. The van der Waals surface area contributed by atoms with Crippen LogP contribution in [0.2, 0.25) is 0 Å². The molecule has 0 atom stereocenters. The standard InChI is InChI=1S/C20H15N3OS/c1-13-10-11-14(12-21-13)19(24)22-16-7-3-2-6-15(16)20-23-17-8-4-5-9-18(17)25-20/h2-12H,1H3,(H,22,24). The Morgan fingerprint density at radius 2 is 1.80 bits per heavy atom. The van der Waals surface area contributed by atoms with Crippen LogP contribution in [0, 0.1) is 6.92 Å². The smallest absolute Gasteiger partial charge is 0.257 e. The zero-order valence-corrected chi connectivity index (χ0v) is 14.4. The van der Waals surface area contributed by atoms with E-state index in [9.17, 15) is 4.79 Å². The molecule has 4 rings (SSSR count). The topological polar surface area (TPSA) is 54.9 Å². The van der Waals surface area contributed by atoms with E-state index in [0.717, 1.165) is 32.2 Å². The normalized spacial score (nSPS) is 10.8. The first-order chi connectivity index (χ1) is 12.2. The molecule has 0 unspecified atom stereocenters. The van der Waals surface area contributed by atoms with E-state index in [0.29, 0.717) is 5.56 Å². The Labute approximate surface area is 149 Å². The van der Waals surface area contributed by atoms with Crippen molar-refractivity contribution >= 4 is 33.1 Å². The largest absolute Gasteiger partial charge is 0.321 e. The fourth-order valence-corrected chi connectivity index (χ4v) is 3.57. The fourth-order valence-electron chi connectivity index (χ4n) is 2.56. The fraction of sp³-hybridized carbons (Fsp3) is 0.0500. The molecule has 0 spiro atoms. The monoisotopic (exact) mass is 345 g/mol. The number of hydrogen-bond acceptors (Lipinski definition) is 4. The first-order valence-corrected chi connectivity index (χ1v) is 8.71. The minimum absolute atomic E-state index is 0.180. The number of thiazole rings is 1. The van der Waals surface area contributed by atoms with Gasteiger partial charge in [-0.3, -0.25) is 9.78 Å². The molecule has 1 amide bonds. The van der Waals surface area contributed by atoms with Gasteiger partial charge in [0.15, 0.2) is 0 Å². The van der Waals surface area contributed by atoms with Gasteiger partial charge in [0.2, 0.25) is 0 Å². The van der Waals surface area contributed by atoms with E-state index in [1.807, 2.05) is 55.5 Å². The minimum atomic E-state index is -0.180. The average molecular weight is 345 g/mol. The Bertz CT molecular complexity index is 1020. The number of carbonyl (C=O) groups excluding carboxylic acids is 1. The van der Waals surface area contributed by atoms with Gasteiger partial charge in [0, 0.05) is 17.5 Å². The van der Waals surface area contributed by atoms with Crippen LogP contribution in [-0.2, 0) is 0 Å². The van der Waals surface area contributed by atoms with E-state index in [-0.39, 0.29) is 5.91 Å². The molecule has 4 nitrogen and oxygen atoms in total. The van der Waals surface area contributed by atoms with Crippen molar-refractivity contribution in [2.75, 3.05) is 5.32 Å². The molecule has 0 bridgehead atoms. The number of para-hydroxylation sites is 2. The van der Waals surface area contributed by atoms with Gasteiger partial charge >= 0.3 is 0 Å². The van der Waals surface area contributed by atoms with E-state index >= 15 is 0 Å². The number of nitrogens with one attached hydrogen (secondary N) is 1. The van der Waals surface area contributed by atoms with E-state index in [1.54, 1.807) is 23.6 Å². The molecule has 4 aromatic rings. The van der Waals surface area contributed by atoms with E-state index in [4.69, 9.17) is 4.98 Å². The molecule has 0 aliphatic heterocycles. The number of anilines is 1. The summed E-state index contributed by atoms with van der Waals surface area (Å²) < 4.78 is 1.13. The number of benzene rings is 2. The van der Waals surface area contributed by atoms with Crippen LogP contribution in [0.25, 0.3) is 20.8 Å². The van der Waals surface area contributed by atoms with Gasteiger partial charge in [-0.1, -0.05) is 24.3 Å². The van der Waals surface area contributed by atoms with Gasteiger partial charge in [0.1, 0.15) is 5.01 Å². The van der Waals surface area contributed by atoms with Crippen molar-refractivity contribution in [1.82, 2.24) is 9.97 Å². The molecule has 0 aliphatic carbocycles. The summed E-state index contributed by atoms with van der Waals surface area (Å²) in [4.78, 5) is 21.4. The lowest BCUT2D eigenvalue weighted by Crippen LogP contribution is -2.13. The lowest BCUT2D eigenvalue weighted by Gasteiger charge is -2.09. The van der Waals surface area contributed by atoms with Crippen LogP contribution < -0.4 is 5.32 Å². The average Bonchev–Trinajstić information content (AvgIpc) is 3.06. The quantitative estimate of drug-likeness (QED) is 0.573. The number of rotatable bonds is 3. The summed E-state index contributed by atoms with van der Waals surface area (Å²) in [6, 6.07) is 19.3. The van der Waals surface area contributed by atoms with Crippen molar-refractivity contribution in [3.8, 4) is 10.6 Å². The first-order valence-electron chi connectivity index (χ1n) is 7.90. The summed E-state index contributed by atoms with van der Waals surface area (Å²) in [5.41, 5.74) is 4.03. The molecular formula is C20H15N3OS. The summed E-state index contributed by atoms with van der Waals surface area (Å²) in [5, 5.41) is 3.86. The van der Waals surface area contributed by atoms with E-state index in [1.165, 1.54) is 0 Å². The lowest BCUT2D eigenvalue weighted by atomic mass is 10.1. The first kappa shape index (κ1) is 15.5. The second-order valence-electron chi connectivity index (χ2n) is 5.67. The number of pyridine rings is 1. The highest BCUT2D eigenvalue weighted by atomic mass is 32.1. The van der Waals surface area contributed by atoms with E-state index < -0.39 is 0 Å². The van der Waals surface area contributed by atoms with Crippen molar-refractivity contribution in [2.24, 2.45) is 0 Å². The summed E-state index contributed by atoms with van der Waals surface area (Å²) >= 11 is 1.61. The van der Waals surface area contributed by atoms with Gasteiger partial charge in [0.25, 0.3) is 5.91 Å². The third-order valence-corrected chi connectivity index (χ3v) is 4.94. The maximum atomic E-state index is 12.5. The predicted molar refractivity (Wildman–Crippen MR) is 102 cm³/mol. The lowest BCUT2D eigenvalue weighted by molar-refractivity contribution is 0.102. The third kappa shape index (κ3) is 3.14. The zero-order valence-electron chi connectivity index (χ0n) is 13.6. The van der Waals surface area contributed by atoms with Crippen molar-refractivity contribution in [3.63, 3.8) is 0 Å². The maximum absolute atomic E-state index is 12.5. The Morgan fingerprint density at radius 3 is 2.60 bits per heavy atom. The van der Waals surface area contributed by atoms with Gasteiger partial charge in [-0.15, -0.1) is 11.3 Å². The number of nitrogens with zero attached hydrogens (tertiary/aromatic N) is 2. The van der Waals surface area contributed by atoms with Crippen LogP contribution >= 0.6 is 11.3 Å². The Hall–Kier alpha value is -3.05. The van der Waals surface area contributed by atoms with Gasteiger partial charge in [-0.05, 0) is 43.3 Å². The zero-order chi connectivity index (χ0) is 17.2. The molecule has 2 aromatic carbocycles. The van der Waals surface area contributed by atoms with Crippen molar-refractivity contribution in [1.29, 1.82) is 0 Å². The van der Waals surface area contributed by atoms with Crippen molar-refractivity contribution in [3.05, 3.63) is 78.1 Å². The number of carbonyl (C=O) groups is 1. The van der Waals surface area contributed by atoms with Crippen molar-refractivity contribution < 1.29 is 4.79 Å². The molecule has 0 saturated heterocycles. The molecule has 2 heterocycles. The Morgan fingerprint density at radius 1 is 1.00 bits per heavy atom. The Kier molecular flexibility index (Phi) is 3.99. The van der Waals surface area contributed by atoms with Crippen LogP contribution in [0.1, 0.15) is 16.1 Å². The third-order valence-electron chi connectivity index (χ3n) is 3.87. The van der Waals surface area contributed by atoms with E-state index in [2.05, 4.69) is 16.4 Å². The second-order valence-corrected chi connectivity index (χ2v) is 6.71. The number of amides is 1. The molecule has 2 aromatic heterocycles. The molecule has 122 valence electrons. The highest BCUT2D eigenvalue weighted by molar-refractivity contribution is 7.21. The van der Waals surface area contributed by atoms with Crippen LogP contribution in [-0.4, -0.2) is 15.9 Å². The summed E-state index contributed by atoms with van der Waals surface area (Å²) in [6.45, 7) is 1.89. The van der Waals surface area contributed by atoms with Crippen LogP contribution in [0.15, 0.2) is 66.9 Å². The summed E-state index contributed by atoms with van der Waals surface area (Å²) in [5.74, 6) is -0.180. The Balaban J connectivity index is 1.69. The summed E-state index contributed by atoms with van der Waals surface area (Å²) in [6.07, 6.45) is 1.59. The summed E-state index contributed by atoms with van der Waals surface area (Å²) in [7, 11) is 0. The maximum Gasteiger partial charge on any atom is 0.257 e. The van der Waals surface area contributed by atoms with Crippen LogP contribution in [0.5, 0.6) is 0 Å². The molecule has 5 heteroatoms. The molecular weight excluding hydrogens is 330 g/mol. The second kappa shape index (κ2) is 6.45. The minimum Gasteiger partial charge on any atom is -0.321 e. The van der Waals surface area contributed by atoms with Gasteiger partial charge in [-0.2, -0.15) is 0 Å². The molecule has 0 saturated carbocycles. The van der Waals surface area contributed by atoms with Gasteiger partial charge in [0.05, 0.1) is 21.5 Å². The number of aryl methyl sites for hydroxylation is 1. The van der Waals surface area contributed by atoms with Gasteiger partial charge < -0.3 is 5.32 Å². The molecule has 0 aliphatic rings. The van der Waals surface area contributed by atoms with Crippen LogP contribution in [0.3, 0.4) is 0 Å². The molecule has 0 fully saturated rings. The van der Waals surface area contributed by atoms with Crippen LogP contribution in [0.4, 0.5) is 5.69 Å². The highest BCUT2D eigenvalue weighted by Crippen LogP contribution is 2.34. The molecule has 25 heavy (non-hydrogen) atoms. The van der Waals surface area contributed by atoms with Gasteiger partial charge in [-0.25, -0.2) is 4.98 Å². The number of fused-ring (bicyclic) bond motifs is 1. The SMILES string of the molecule is Cc1ccc(C(=O)Nc2ccccc2-c2nc3ccccc3s2)cn1. The predicted octanol–water partition coefficient (Wildman–Crippen LogP) is 4.92. The highest BCUT2D eigenvalue weighted by Gasteiger charge is 2.13. The number of hydrogen-bond donors (Lipinski definition) is 1.